The van der Waals surface area contributed by atoms with Crippen molar-refractivity contribution in [3.05, 3.63) is 24.3 Å². The zero-order chi connectivity index (χ0) is 21.8. The molecule has 0 spiro atoms. The van der Waals surface area contributed by atoms with Crippen LogP contribution in [-0.4, -0.2) is 58.0 Å². The second kappa shape index (κ2) is 9.14. The van der Waals surface area contributed by atoms with Crippen molar-refractivity contribution in [2.75, 3.05) is 24.7 Å². The summed E-state index contributed by atoms with van der Waals surface area (Å²) in [5, 5.41) is 8.38. The minimum Gasteiger partial charge on any atom is -0.459 e. The van der Waals surface area contributed by atoms with Gasteiger partial charge in [-0.15, -0.1) is 10.2 Å². The molecule has 2 rings (SSSR count). The van der Waals surface area contributed by atoms with Crippen molar-refractivity contribution in [3.63, 3.8) is 0 Å². The number of esters is 1. The average Bonchev–Trinajstić information content (AvgIpc) is 3.00. The number of carbonyl (C=O) groups is 1. The molecule has 1 heterocycles. The molecule has 0 bridgehead atoms. The van der Waals surface area contributed by atoms with E-state index in [1.165, 1.54) is 21.1 Å². The van der Waals surface area contributed by atoms with Crippen molar-refractivity contribution >= 4 is 27.8 Å². The summed E-state index contributed by atoms with van der Waals surface area (Å²) in [5.74, 6) is 6.02. The SMILES string of the molecule is CCN(CC)S(=O)(=O)c1cccc(-c2nnc(SCC(=O)OC(C)(C)C)n2N)c1. The number of sulfonamides is 1. The topological polar surface area (TPSA) is 120 Å². The number of thioether (sulfide) groups is 1. The van der Waals surface area contributed by atoms with Gasteiger partial charge in [0.2, 0.25) is 15.2 Å². The molecular formula is C18H27N5O4S2. The first-order chi connectivity index (χ1) is 13.5. The molecule has 0 aliphatic carbocycles. The van der Waals surface area contributed by atoms with Gasteiger partial charge in [0, 0.05) is 18.7 Å². The Hall–Kier alpha value is -2.11. The van der Waals surface area contributed by atoms with Crippen molar-refractivity contribution in [1.82, 2.24) is 19.2 Å². The normalized spacial score (nSPS) is 12.3. The van der Waals surface area contributed by atoms with Gasteiger partial charge < -0.3 is 10.6 Å². The maximum Gasteiger partial charge on any atom is 0.316 e. The van der Waals surface area contributed by atoms with Gasteiger partial charge in [0.1, 0.15) is 5.60 Å². The third-order valence-corrected chi connectivity index (χ3v) is 6.80. The Balaban J connectivity index is 2.24. The van der Waals surface area contributed by atoms with Crippen LogP contribution in [0.2, 0.25) is 0 Å². The quantitative estimate of drug-likeness (QED) is 0.376. The molecule has 0 fully saturated rings. The predicted molar refractivity (Wildman–Crippen MR) is 112 cm³/mol. The summed E-state index contributed by atoms with van der Waals surface area (Å²) < 4.78 is 33.4. The van der Waals surface area contributed by atoms with Gasteiger partial charge in [-0.1, -0.05) is 37.7 Å². The summed E-state index contributed by atoms with van der Waals surface area (Å²) in [5.41, 5.74) is -0.0620. The van der Waals surface area contributed by atoms with E-state index < -0.39 is 15.6 Å². The Morgan fingerprint density at radius 3 is 2.48 bits per heavy atom. The highest BCUT2D eigenvalue weighted by molar-refractivity contribution is 7.99. The molecule has 9 nitrogen and oxygen atoms in total. The molecule has 0 aliphatic rings. The van der Waals surface area contributed by atoms with Crippen molar-refractivity contribution in [2.24, 2.45) is 0 Å². The van der Waals surface area contributed by atoms with Gasteiger partial charge in [0.05, 0.1) is 10.6 Å². The zero-order valence-electron chi connectivity index (χ0n) is 17.2. The number of nitrogen functional groups attached to an aromatic ring is 1. The Bertz CT molecular complexity index is 963. The molecule has 0 atom stereocenters. The smallest absolute Gasteiger partial charge is 0.316 e. The molecule has 11 heteroatoms. The molecule has 1 aromatic heterocycles. The van der Waals surface area contributed by atoms with Crippen LogP contribution in [0, 0.1) is 0 Å². The first-order valence-corrected chi connectivity index (χ1v) is 11.6. The van der Waals surface area contributed by atoms with Crippen LogP contribution in [0.15, 0.2) is 34.3 Å². The molecule has 0 unspecified atom stereocenters. The van der Waals surface area contributed by atoms with Gasteiger partial charge >= 0.3 is 5.97 Å². The van der Waals surface area contributed by atoms with Crippen LogP contribution >= 0.6 is 11.8 Å². The van der Waals surface area contributed by atoms with E-state index in [1.807, 2.05) is 0 Å². The third-order valence-electron chi connectivity index (χ3n) is 3.84. The van der Waals surface area contributed by atoms with Crippen molar-refractivity contribution in [3.8, 4) is 11.4 Å². The van der Waals surface area contributed by atoms with Crippen LogP contribution < -0.4 is 5.84 Å². The molecule has 0 aliphatic heterocycles. The number of nitrogens with two attached hydrogens (primary N) is 1. The summed E-state index contributed by atoms with van der Waals surface area (Å²) in [6.07, 6.45) is 0. The molecule has 0 saturated carbocycles. The molecule has 160 valence electrons. The summed E-state index contributed by atoms with van der Waals surface area (Å²) in [7, 11) is -3.61. The summed E-state index contributed by atoms with van der Waals surface area (Å²) >= 11 is 1.10. The third kappa shape index (κ3) is 5.71. The van der Waals surface area contributed by atoms with Gasteiger partial charge in [-0.25, -0.2) is 13.1 Å². The van der Waals surface area contributed by atoms with Crippen LogP contribution in [0.4, 0.5) is 0 Å². The Morgan fingerprint density at radius 1 is 1.24 bits per heavy atom. The first-order valence-electron chi connectivity index (χ1n) is 9.15. The fraction of sp³-hybridized carbons (Fsp3) is 0.500. The Morgan fingerprint density at radius 2 is 1.90 bits per heavy atom. The number of ether oxygens (including phenoxy) is 1. The summed E-state index contributed by atoms with van der Waals surface area (Å²) in [6, 6.07) is 6.39. The van der Waals surface area contributed by atoms with Crippen molar-refractivity contribution < 1.29 is 17.9 Å². The van der Waals surface area contributed by atoms with Crippen LogP contribution in [0.1, 0.15) is 34.6 Å². The lowest BCUT2D eigenvalue weighted by atomic mass is 10.2. The lowest BCUT2D eigenvalue weighted by Gasteiger charge is -2.19. The largest absolute Gasteiger partial charge is 0.459 e. The summed E-state index contributed by atoms with van der Waals surface area (Å²) in [4.78, 5) is 12.0. The van der Waals surface area contributed by atoms with Gasteiger partial charge in [-0.2, -0.15) is 4.31 Å². The number of aromatic nitrogens is 3. The number of hydrogen-bond acceptors (Lipinski definition) is 8. The van der Waals surface area contributed by atoms with Gasteiger partial charge in [0.25, 0.3) is 0 Å². The van der Waals surface area contributed by atoms with Crippen LogP contribution in [0.5, 0.6) is 0 Å². The van der Waals surface area contributed by atoms with Gasteiger partial charge in [-0.05, 0) is 32.9 Å². The second-order valence-corrected chi connectivity index (χ2v) is 10.0. The maximum absolute atomic E-state index is 12.8. The number of benzene rings is 1. The first kappa shape index (κ1) is 23.2. The highest BCUT2D eigenvalue weighted by Gasteiger charge is 2.23. The Kier molecular flexibility index (Phi) is 7.30. The highest BCUT2D eigenvalue weighted by atomic mass is 32.2. The van der Waals surface area contributed by atoms with Gasteiger partial charge in [0.15, 0.2) is 5.82 Å². The second-order valence-electron chi connectivity index (χ2n) is 7.17. The van der Waals surface area contributed by atoms with E-state index in [-0.39, 0.29) is 16.6 Å². The van der Waals surface area contributed by atoms with E-state index in [4.69, 9.17) is 10.6 Å². The van der Waals surface area contributed by atoms with Crippen LogP contribution in [0.25, 0.3) is 11.4 Å². The lowest BCUT2D eigenvalue weighted by molar-refractivity contribution is -0.151. The molecule has 0 saturated heterocycles. The van der Waals surface area contributed by atoms with E-state index in [1.54, 1.807) is 46.8 Å². The van der Waals surface area contributed by atoms with E-state index in [2.05, 4.69) is 10.2 Å². The number of rotatable bonds is 8. The molecule has 0 amide bonds. The fourth-order valence-electron chi connectivity index (χ4n) is 2.58. The summed E-state index contributed by atoms with van der Waals surface area (Å²) in [6.45, 7) is 9.70. The minimum absolute atomic E-state index is 0.0307. The van der Waals surface area contributed by atoms with E-state index in [0.717, 1.165) is 11.8 Å². The zero-order valence-corrected chi connectivity index (χ0v) is 18.9. The van der Waals surface area contributed by atoms with Gasteiger partial charge in [-0.3, -0.25) is 4.79 Å². The standard InChI is InChI=1S/C18H27N5O4S2/c1-6-22(7-2)29(25,26)14-10-8-9-13(11-14)16-20-21-17(23(16)19)28-12-15(24)27-18(3,4)5/h8-11H,6-7,12,19H2,1-5H3. The number of hydrogen-bond donors (Lipinski definition) is 1. The Labute approximate surface area is 175 Å². The molecular weight excluding hydrogens is 414 g/mol. The fourth-order valence-corrected chi connectivity index (χ4v) is 4.71. The predicted octanol–water partition coefficient (Wildman–Crippen LogP) is 2.12. The minimum atomic E-state index is -3.61. The van der Waals surface area contributed by atoms with Crippen molar-refractivity contribution in [2.45, 2.75) is 50.3 Å². The van der Waals surface area contributed by atoms with Crippen LogP contribution in [0.3, 0.4) is 0 Å². The molecule has 0 radical (unpaired) electrons. The van der Waals surface area contributed by atoms with E-state index in [9.17, 15) is 13.2 Å². The van der Waals surface area contributed by atoms with E-state index >= 15 is 0 Å². The number of nitrogens with zero attached hydrogens (tertiary/aromatic N) is 4. The van der Waals surface area contributed by atoms with Crippen molar-refractivity contribution in [1.29, 1.82) is 0 Å². The number of carbonyl (C=O) groups excluding carboxylic acids is 1. The monoisotopic (exact) mass is 441 g/mol. The molecule has 2 N–H and O–H groups in total. The molecule has 29 heavy (non-hydrogen) atoms. The van der Waals surface area contributed by atoms with Crippen LogP contribution in [-0.2, 0) is 19.6 Å². The molecule has 1 aromatic carbocycles. The lowest BCUT2D eigenvalue weighted by Crippen LogP contribution is -2.30. The maximum atomic E-state index is 12.8. The van der Waals surface area contributed by atoms with E-state index in [0.29, 0.717) is 29.6 Å². The molecule has 2 aromatic rings. The average molecular weight is 442 g/mol. The highest BCUT2D eigenvalue weighted by Crippen LogP contribution is 2.25.